The van der Waals surface area contributed by atoms with E-state index in [4.69, 9.17) is 0 Å². The van der Waals surface area contributed by atoms with Crippen LogP contribution in [0.25, 0.3) is 0 Å². The number of hydrogen-bond acceptors (Lipinski definition) is 5. The predicted molar refractivity (Wildman–Crippen MR) is 115 cm³/mol. The van der Waals surface area contributed by atoms with Gasteiger partial charge in [-0.25, -0.2) is 4.98 Å². The van der Waals surface area contributed by atoms with Gasteiger partial charge in [0.15, 0.2) is 5.96 Å². The van der Waals surface area contributed by atoms with Gasteiger partial charge >= 0.3 is 0 Å². The van der Waals surface area contributed by atoms with E-state index in [9.17, 15) is 0 Å². The molecule has 4 rings (SSSR count). The van der Waals surface area contributed by atoms with Crippen molar-refractivity contribution >= 4 is 11.8 Å². The molecule has 0 amide bonds. The molecule has 2 N–H and O–H groups in total. The number of rotatable bonds is 4. The quantitative estimate of drug-likeness (QED) is 0.604. The zero-order valence-corrected chi connectivity index (χ0v) is 17.7. The Hall–Kier alpha value is -2.64. The van der Waals surface area contributed by atoms with E-state index in [0.717, 1.165) is 81.0 Å². The van der Waals surface area contributed by atoms with Crippen LogP contribution in [0.5, 0.6) is 0 Å². The first-order chi connectivity index (χ1) is 14.1. The van der Waals surface area contributed by atoms with Gasteiger partial charge in [-0.1, -0.05) is 6.07 Å². The third kappa shape index (κ3) is 4.68. The molecule has 1 fully saturated rings. The van der Waals surface area contributed by atoms with Gasteiger partial charge in [-0.15, -0.1) is 10.2 Å². The van der Waals surface area contributed by atoms with Crippen LogP contribution < -0.4 is 15.5 Å². The van der Waals surface area contributed by atoms with Gasteiger partial charge in [-0.05, 0) is 51.2 Å². The summed E-state index contributed by atoms with van der Waals surface area (Å²) < 4.78 is 2.25. The molecule has 8 nitrogen and oxygen atoms in total. The SMILES string of the molecule is CN=C(NCC1CCc2nnc(C)n2C1)NC1CCN(c2cccc(C)n2)CC1. The number of nitrogens with zero attached hydrogens (tertiary/aromatic N) is 6. The Morgan fingerprint density at radius 1 is 1.17 bits per heavy atom. The Kier molecular flexibility index (Phi) is 5.97. The zero-order valence-electron chi connectivity index (χ0n) is 17.7. The minimum atomic E-state index is 0.445. The van der Waals surface area contributed by atoms with Crippen LogP contribution in [0.2, 0.25) is 0 Å². The highest BCUT2D eigenvalue weighted by Gasteiger charge is 2.23. The molecule has 8 heteroatoms. The molecule has 0 aliphatic carbocycles. The van der Waals surface area contributed by atoms with E-state index in [1.807, 2.05) is 27.0 Å². The smallest absolute Gasteiger partial charge is 0.191 e. The Morgan fingerprint density at radius 2 is 2.00 bits per heavy atom. The van der Waals surface area contributed by atoms with Crippen LogP contribution in [-0.4, -0.2) is 58.4 Å². The summed E-state index contributed by atoms with van der Waals surface area (Å²) in [6.07, 6.45) is 4.32. The summed E-state index contributed by atoms with van der Waals surface area (Å²) in [4.78, 5) is 11.5. The number of aromatic nitrogens is 4. The van der Waals surface area contributed by atoms with Crippen molar-refractivity contribution in [3.63, 3.8) is 0 Å². The molecule has 1 unspecified atom stereocenters. The standard InChI is InChI=1S/C21H32N8/c1-15-5-4-6-19(24-15)28-11-9-18(10-12-28)25-21(22-3)23-13-17-7-8-20-27-26-16(2)29(20)14-17/h4-6,17-18H,7-14H2,1-3H3,(H2,22,23,25). The van der Waals surface area contributed by atoms with E-state index in [-0.39, 0.29) is 0 Å². The lowest BCUT2D eigenvalue weighted by Crippen LogP contribution is -2.50. The summed E-state index contributed by atoms with van der Waals surface area (Å²) in [5.41, 5.74) is 1.07. The average Bonchev–Trinajstić information content (AvgIpc) is 3.12. The van der Waals surface area contributed by atoms with E-state index in [1.165, 1.54) is 0 Å². The molecule has 0 bridgehead atoms. The summed E-state index contributed by atoms with van der Waals surface area (Å²) in [5, 5.41) is 15.6. The third-order valence-corrected chi connectivity index (χ3v) is 6.04. The van der Waals surface area contributed by atoms with Gasteiger partial charge < -0.3 is 20.1 Å². The number of aliphatic imine (C=N–C) groups is 1. The first kappa shape index (κ1) is 19.7. The van der Waals surface area contributed by atoms with E-state index >= 15 is 0 Å². The number of anilines is 1. The molecule has 4 heterocycles. The number of pyridine rings is 1. The normalized spacial score (nSPS) is 20.4. The molecule has 0 aromatic carbocycles. The van der Waals surface area contributed by atoms with Gasteiger partial charge in [0.2, 0.25) is 0 Å². The number of aryl methyl sites for hydroxylation is 3. The van der Waals surface area contributed by atoms with Crippen molar-refractivity contribution in [2.75, 3.05) is 31.6 Å². The van der Waals surface area contributed by atoms with Crippen LogP contribution >= 0.6 is 0 Å². The minimum absolute atomic E-state index is 0.445. The molecule has 2 aliphatic heterocycles. The lowest BCUT2D eigenvalue weighted by molar-refractivity contribution is 0.357. The first-order valence-electron chi connectivity index (χ1n) is 10.7. The van der Waals surface area contributed by atoms with Gasteiger partial charge in [0.1, 0.15) is 17.5 Å². The maximum atomic E-state index is 4.66. The maximum absolute atomic E-state index is 4.66. The molecule has 29 heavy (non-hydrogen) atoms. The summed E-state index contributed by atoms with van der Waals surface area (Å²) in [6.45, 7) is 8.02. The lowest BCUT2D eigenvalue weighted by atomic mass is 9.99. The van der Waals surface area contributed by atoms with E-state index in [0.29, 0.717) is 12.0 Å². The molecule has 156 valence electrons. The summed E-state index contributed by atoms with van der Waals surface area (Å²) in [5.74, 6) is 4.71. The maximum Gasteiger partial charge on any atom is 0.191 e. The topological polar surface area (TPSA) is 83.3 Å². The van der Waals surface area contributed by atoms with Crippen LogP contribution in [0, 0.1) is 19.8 Å². The lowest BCUT2D eigenvalue weighted by Gasteiger charge is -2.34. The van der Waals surface area contributed by atoms with Gasteiger partial charge in [-0.2, -0.15) is 0 Å². The third-order valence-electron chi connectivity index (χ3n) is 6.04. The second-order valence-corrected chi connectivity index (χ2v) is 8.17. The van der Waals surface area contributed by atoms with Crippen molar-refractivity contribution in [1.82, 2.24) is 30.4 Å². The average molecular weight is 397 g/mol. The molecular formula is C21H32N8. The van der Waals surface area contributed by atoms with E-state index in [2.05, 4.69) is 52.4 Å². The Labute approximate surface area is 172 Å². The summed E-state index contributed by atoms with van der Waals surface area (Å²) in [7, 11) is 1.85. The van der Waals surface area contributed by atoms with Gasteiger partial charge in [0, 0.05) is 51.4 Å². The number of guanidine groups is 1. The largest absolute Gasteiger partial charge is 0.356 e. The fraction of sp³-hybridized carbons (Fsp3) is 0.619. The second kappa shape index (κ2) is 8.80. The molecule has 0 saturated carbocycles. The van der Waals surface area contributed by atoms with E-state index < -0.39 is 0 Å². The van der Waals surface area contributed by atoms with Crippen LogP contribution in [-0.2, 0) is 13.0 Å². The molecule has 0 spiro atoms. The Bertz CT molecular complexity index is 850. The predicted octanol–water partition coefficient (Wildman–Crippen LogP) is 1.69. The van der Waals surface area contributed by atoms with Crippen molar-refractivity contribution in [3.8, 4) is 0 Å². The van der Waals surface area contributed by atoms with Gasteiger partial charge in [0.25, 0.3) is 0 Å². The fourth-order valence-electron chi connectivity index (χ4n) is 4.28. The molecule has 0 radical (unpaired) electrons. The number of nitrogens with one attached hydrogen (secondary N) is 2. The Balaban J connectivity index is 1.24. The van der Waals surface area contributed by atoms with Crippen LogP contribution in [0.1, 0.15) is 36.6 Å². The summed E-state index contributed by atoms with van der Waals surface area (Å²) in [6, 6.07) is 6.68. The summed E-state index contributed by atoms with van der Waals surface area (Å²) >= 11 is 0. The molecule has 2 aromatic rings. The highest BCUT2D eigenvalue weighted by Crippen LogP contribution is 2.20. The van der Waals surface area contributed by atoms with E-state index in [1.54, 1.807) is 0 Å². The number of piperidine rings is 1. The number of hydrogen-bond donors (Lipinski definition) is 2. The van der Waals surface area contributed by atoms with Crippen LogP contribution in [0.3, 0.4) is 0 Å². The zero-order chi connectivity index (χ0) is 20.2. The highest BCUT2D eigenvalue weighted by molar-refractivity contribution is 5.80. The molecule has 1 atom stereocenters. The van der Waals surface area contributed by atoms with Crippen molar-refractivity contribution in [3.05, 3.63) is 35.5 Å². The molecule has 2 aliphatic rings. The monoisotopic (exact) mass is 396 g/mol. The fourth-order valence-corrected chi connectivity index (χ4v) is 4.28. The van der Waals surface area contributed by atoms with Gasteiger partial charge in [-0.3, -0.25) is 4.99 Å². The van der Waals surface area contributed by atoms with Gasteiger partial charge in [0.05, 0.1) is 0 Å². The second-order valence-electron chi connectivity index (χ2n) is 8.17. The minimum Gasteiger partial charge on any atom is -0.356 e. The number of fused-ring (bicyclic) bond motifs is 1. The van der Waals surface area contributed by atoms with Crippen molar-refractivity contribution in [1.29, 1.82) is 0 Å². The molecular weight excluding hydrogens is 364 g/mol. The van der Waals surface area contributed by atoms with Crippen LogP contribution in [0.4, 0.5) is 5.82 Å². The van der Waals surface area contributed by atoms with Crippen molar-refractivity contribution in [2.45, 2.75) is 52.1 Å². The van der Waals surface area contributed by atoms with Crippen LogP contribution in [0.15, 0.2) is 23.2 Å². The Morgan fingerprint density at radius 3 is 2.76 bits per heavy atom. The highest BCUT2D eigenvalue weighted by atomic mass is 15.3. The van der Waals surface area contributed by atoms with Crippen molar-refractivity contribution < 1.29 is 0 Å². The molecule has 1 saturated heterocycles. The molecule has 2 aromatic heterocycles. The first-order valence-corrected chi connectivity index (χ1v) is 10.7. The van der Waals surface area contributed by atoms with Crippen molar-refractivity contribution in [2.24, 2.45) is 10.9 Å².